The molecule has 0 radical (unpaired) electrons. The summed E-state index contributed by atoms with van der Waals surface area (Å²) in [6.45, 7) is 8.16. The summed E-state index contributed by atoms with van der Waals surface area (Å²) < 4.78 is 12.5. The van der Waals surface area contributed by atoms with Gasteiger partial charge in [-0.3, -0.25) is 18.8 Å². The monoisotopic (exact) mass is 643 g/mol. The predicted molar refractivity (Wildman–Crippen MR) is 186 cm³/mol. The number of nitrogens with one attached hydrogen (secondary N) is 2. The molecule has 0 aliphatic rings. The average Bonchev–Trinajstić information content (AvgIpc) is 3.38. The standard InChI is InChI=1S/C37H61N3O6/c1-5-7-9-11-13-15-17-19-21-23-25-33(42)46-30-28-40-32(41)27-31(39-36(43)29(3)4)38-35(40)34(30)37(44)45-26-24-22-20-18-16-14-12-10-8-6-2/h27-29,38H,5-26H2,1-4H3,(H,39,43). The molecule has 0 atom stereocenters. The van der Waals surface area contributed by atoms with Gasteiger partial charge in [0, 0.05) is 18.4 Å². The first kappa shape index (κ1) is 39.1. The van der Waals surface area contributed by atoms with Gasteiger partial charge in [0.15, 0.2) is 5.75 Å². The van der Waals surface area contributed by atoms with Gasteiger partial charge in [0.05, 0.1) is 12.8 Å². The SMILES string of the molecule is CCCCCCCCCCCCOC(=O)c1c(OC(=O)CCCCCCCCCCCC)cn2c(=O)cc(NC(=O)C(C)C)[nH]c12. The van der Waals surface area contributed by atoms with E-state index in [9.17, 15) is 19.2 Å². The van der Waals surface area contributed by atoms with Crippen molar-refractivity contribution in [2.24, 2.45) is 5.92 Å². The molecule has 2 heterocycles. The molecule has 0 bridgehead atoms. The Kier molecular flexibility index (Phi) is 19.8. The first-order chi connectivity index (χ1) is 22.3. The van der Waals surface area contributed by atoms with E-state index >= 15 is 0 Å². The summed E-state index contributed by atoms with van der Waals surface area (Å²) in [6, 6.07) is 1.24. The van der Waals surface area contributed by atoms with Crippen LogP contribution >= 0.6 is 0 Å². The predicted octanol–water partition coefficient (Wildman–Crippen LogP) is 9.52. The quantitative estimate of drug-likeness (QED) is 0.0778. The van der Waals surface area contributed by atoms with Gasteiger partial charge in [-0.05, 0) is 12.8 Å². The van der Waals surface area contributed by atoms with Gasteiger partial charge in [0.1, 0.15) is 17.0 Å². The third kappa shape index (κ3) is 15.0. The maximum atomic E-state index is 13.3. The number of aromatic amines is 1. The van der Waals surface area contributed by atoms with Crippen molar-refractivity contribution in [2.75, 3.05) is 11.9 Å². The summed E-state index contributed by atoms with van der Waals surface area (Å²) in [5.74, 6) is -1.59. The van der Waals surface area contributed by atoms with Gasteiger partial charge in [-0.2, -0.15) is 0 Å². The van der Waals surface area contributed by atoms with Gasteiger partial charge < -0.3 is 19.8 Å². The average molecular weight is 644 g/mol. The van der Waals surface area contributed by atoms with Crippen molar-refractivity contribution in [2.45, 2.75) is 163 Å². The van der Waals surface area contributed by atoms with Crippen molar-refractivity contribution >= 4 is 29.3 Å². The van der Waals surface area contributed by atoms with Gasteiger partial charge in [-0.15, -0.1) is 0 Å². The van der Waals surface area contributed by atoms with Crippen LogP contribution in [0.5, 0.6) is 5.75 Å². The topological polar surface area (TPSA) is 119 Å². The molecule has 0 saturated heterocycles. The summed E-state index contributed by atoms with van der Waals surface area (Å²) in [5.41, 5.74) is -0.392. The highest BCUT2D eigenvalue weighted by atomic mass is 16.5. The number of hydrogen-bond acceptors (Lipinski definition) is 6. The second-order valence-corrected chi connectivity index (χ2v) is 13.0. The number of rotatable bonds is 26. The molecule has 2 aromatic heterocycles. The number of carbonyl (C=O) groups excluding carboxylic acids is 3. The Bertz CT molecular complexity index is 1230. The van der Waals surface area contributed by atoms with Gasteiger partial charge in [-0.25, -0.2) is 4.79 Å². The minimum absolute atomic E-state index is 0.0224. The molecule has 0 fully saturated rings. The van der Waals surface area contributed by atoms with Gasteiger partial charge in [0.25, 0.3) is 5.56 Å². The molecule has 0 spiro atoms. The number of H-pyrrole nitrogens is 1. The molecule has 0 aliphatic heterocycles. The van der Waals surface area contributed by atoms with Gasteiger partial charge >= 0.3 is 11.9 Å². The first-order valence-electron chi connectivity index (χ1n) is 18.3. The van der Waals surface area contributed by atoms with E-state index < -0.39 is 17.5 Å². The Morgan fingerprint density at radius 1 is 0.761 bits per heavy atom. The van der Waals surface area contributed by atoms with Gasteiger partial charge in [-0.1, -0.05) is 143 Å². The highest BCUT2D eigenvalue weighted by Crippen LogP contribution is 2.27. The third-order valence-corrected chi connectivity index (χ3v) is 8.40. The zero-order valence-electron chi connectivity index (χ0n) is 29.2. The van der Waals surface area contributed by atoms with E-state index in [4.69, 9.17) is 9.47 Å². The number of aromatic nitrogens is 2. The number of esters is 2. The molecule has 260 valence electrons. The first-order valence-corrected chi connectivity index (χ1v) is 18.3. The lowest BCUT2D eigenvalue weighted by atomic mass is 10.1. The van der Waals surface area contributed by atoms with Crippen LogP contribution in [0.15, 0.2) is 17.1 Å². The van der Waals surface area contributed by atoms with Crippen LogP contribution in [0.2, 0.25) is 0 Å². The molecule has 2 aromatic rings. The molecule has 0 aliphatic carbocycles. The van der Waals surface area contributed by atoms with Crippen molar-refractivity contribution in [1.82, 2.24) is 9.38 Å². The Balaban J connectivity index is 1.98. The highest BCUT2D eigenvalue weighted by molar-refractivity contribution is 6.00. The number of unbranched alkanes of at least 4 members (excludes halogenated alkanes) is 18. The minimum atomic E-state index is -0.678. The molecule has 46 heavy (non-hydrogen) atoms. The van der Waals surface area contributed by atoms with Crippen LogP contribution in [0.25, 0.3) is 5.65 Å². The smallest absolute Gasteiger partial charge is 0.345 e. The van der Waals surface area contributed by atoms with Crippen LogP contribution in [0, 0.1) is 5.92 Å². The molecule has 2 rings (SSSR count). The normalized spacial score (nSPS) is 11.3. The zero-order chi connectivity index (χ0) is 33.6. The molecule has 0 saturated carbocycles. The fraction of sp³-hybridized carbons (Fsp3) is 0.730. The van der Waals surface area contributed by atoms with E-state index in [1.165, 1.54) is 107 Å². The number of nitrogens with zero attached hydrogens (tertiary/aromatic N) is 1. The van der Waals surface area contributed by atoms with Crippen molar-refractivity contribution in [1.29, 1.82) is 0 Å². The number of anilines is 1. The molecule has 0 aromatic carbocycles. The fourth-order valence-electron chi connectivity index (χ4n) is 5.51. The third-order valence-electron chi connectivity index (χ3n) is 8.40. The van der Waals surface area contributed by atoms with E-state index in [-0.39, 0.29) is 47.6 Å². The summed E-state index contributed by atoms with van der Waals surface area (Å²) in [4.78, 5) is 54.4. The van der Waals surface area contributed by atoms with Crippen LogP contribution in [0.4, 0.5) is 5.82 Å². The van der Waals surface area contributed by atoms with E-state index in [0.29, 0.717) is 6.42 Å². The van der Waals surface area contributed by atoms with Crippen LogP contribution in [0.3, 0.4) is 0 Å². The largest absolute Gasteiger partial charge is 0.462 e. The molecular formula is C37H61N3O6. The molecular weight excluding hydrogens is 582 g/mol. The van der Waals surface area contributed by atoms with Crippen molar-refractivity contribution in [3.05, 3.63) is 28.2 Å². The summed E-state index contributed by atoms with van der Waals surface area (Å²) in [5, 5.41) is 2.67. The van der Waals surface area contributed by atoms with Crippen LogP contribution in [-0.2, 0) is 14.3 Å². The fourth-order valence-corrected chi connectivity index (χ4v) is 5.51. The number of hydrogen-bond donors (Lipinski definition) is 2. The summed E-state index contributed by atoms with van der Waals surface area (Å²) >= 11 is 0. The van der Waals surface area contributed by atoms with E-state index in [2.05, 4.69) is 24.1 Å². The van der Waals surface area contributed by atoms with Crippen molar-refractivity contribution in [3.8, 4) is 5.75 Å². The number of amides is 1. The molecule has 1 amide bonds. The minimum Gasteiger partial charge on any atom is -0.462 e. The number of fused-ring (bicyclic) bond motifs is 1. The molecule has 9 nitrogen and oxygen atoms in total. The summed E-state index contributed by atoms with van der Waals surface area (Å²) in [7, 11) is 0. The van der Waals surface area contributed by atoms with Crippen LogP contribution in [0.1, 0.15) is 173 Å². The Morgan fingerprint density at radius 3 is 1.78 bits per heavy atom. The number of carbonyl (C=O) groups is 3. The molecule has 0 unspecified atom stereocenters. The van der Waals surface area contributed by atoms with Gasteiger partial charge in [0.2, 0.25) is 5.91 Å². The molecule has 9 heteroatoms. The van der Waals surface area contributed by atoms with Crippen molar-refractivity contribution in [3.63, 3.8) is 0 Å². The second-order valence-electron chi connectivity index (χ2n) is 13.0. The second kappa shape index (κ2) is 23.3. The summed E-state index contributed by atoms with van der Waals surface area (Å²) in [6.07, 6.45) is 24.8. The van der Waals surface area contributed by atoms with E-state index in [1.54, 1.807) is 13.8 Å². The highest BCUT2D eigenvalue weighted by Gasteiger charge is 2.25. The lowest BCUT2D eigenvalue weighted by molar-refractivity contribution is -0.134. The molecule has 2 N–H and O–H groups in total. The maximum absolute atomic E-state index is 13.3. The number of ether oxygens (including phenoxy) is 2. The Labute approximate surface area is 276 Å². The van der Waals surface area contributed by atoms with Crippen LogP contribution in [-0.4, -0.2) is 33.8 Å². The van der Waals surface area contributed by atoms with Crippen molar-refractivity contribution < 1.29 is 23.9 Å². The Morgan fingerprint density at radius 2 is 1.26 bits per heavy atom. The van der Waals surface area contributed by atoms with Crippen LogP contribution < -0.4 is 15.6 Å². The zero-order valence-corrected chi connectivity index (χ0v) is 29.2. The van der Waals surface area contributed by atoms with E-state index in [1.807, 2.05) is 0 Å². The van der Waals surface area contributed by atoms with E-state index in [0.717, 1.165) is 32.1 Å². The lowest BCUT2D eigenvalue weighted by Gasteiger charge is -2.10. The maximum Gasteiger partial charge on any atom is 0.345 e. The lowest BCUT2D eigenvalue weighted by Crippen LogP contribution is -2.22. The Hall–Kier alpha value is -3.10.